The van der Waals surface area contributed by atoms with Gasteiger partial charge in [-0.05, 0) is 63.0 Å². The van der Waals surface area contributed by atoms with E-state index in [2.05, 4.69) is 38.1 Å². The van der Waals surface area contributed by atoms with Crippen molar-refractivity contribution in [1.82, 2.24) is 0 Å². The molecule has 0 saturated heterocycles. The van der Waals surface area contributed by atoms with Gasteiger partial charge in [-0.15, -0.1) is 0 Å². The molecular formula is C22H34O4. The van der Waals surface area contributed by atoms with Crippen LogP contribution in [0.4, 0.5) is 0 Å². The maximum absolute atomic E-state index is 11.1. The highest BCUT2D eigenvalue weighted by Gasteiger charge is 2.25. The molecule has 0 unspecified atom stereocenters. The molecule has 0 radical (unpaired) electrons. The van der Waals surface area contributed by atoms with Gasteiger partial charge in [0, 0.05) is 0 Å². The van der Waals surface area contributed by atoms with Crippen LogP contribution < -0.4 is 0 Å². The zero-order valence-corrected chi connectivity index (χ0v) is 16.7. The molecule has 4 nitrogen and oxygen atoms in total. The fourth-order valence-corrected chi connectivity index (χ4v) is 2.76. The van der Waals surface area contributed by atoms with E-state index in [1.165, 1.54) is 36.8 Å². The standard InChI is InChI=1S/C21H34O2.CO2/c1-17(2)9-5-6-10-18-12-14-19(15-13-18)11-7-8-16-21(3,4)20(22)23;2-1-3/h12-15,17H,5-11,16H2,1-4H3,(H,22,23);. The normalized spacial score (nSPS) is 10.8. The first-order valence-electron chi connectivity index (χ1n) is 9.53. The fraction of sp³-hybridized carbons (Fsp3) is 0.636. The highest BCUT2D eigenvalue weighted by Crippen LogP contribution is 2.24. The fourth-order valence-electron chi connectivity index (χ4n) is 2.76. The monoisotopic (exact) mass is 362 g/mol. The van der Waals surface area contributed by atoms with Gasteiger partial charge in [-0.1, -0.05) is 57.4 Å². The molecule has 1 aromatic carbocycles. The molecule has 0 atom stereocenters. The third-order valence-corrected chi connectivity index (χ3v) is 4.62. The average Bonchev–Trinajstić information content (AvgIpc) is 2.57. The topological polar surface area (TPSA) is 71.4 Å². The summed E-state index contributed by atoms with van der Waals surface area (Å²) in [4.78, 5) is 27.3. The summed E-state index contributed by atoms with van der Waals surface area (Å²) in [5.41, 5.74) is 2.20. The van der Waals surface area contributed by atoms with E-state index >= 15 is 0 Å². The van der Waals surface area contributed by atoms with Crippen molar-refractivity contribution in [3.63, 3.8) is 0 Å². The molecule has 26 heavy (non-hydrogen) atoms. The first kappa shape index (κ1) is 24.1. The molecule has 0 spiro atoms. The van der Waals surface area contributed by atoms with E-state index in [1.807, 2.05) is 13.8 Å². The predicted molar refractivity (Wildman–Crippen MR) is 103 cm³/mol. The Bertz CT molecular complexity index is 538. The molecule has 0 heterocycles. The van der Waals surface area contributed by atoms with Crippen LogP contribution >= 0.6 is 0 Å². The van der Waals surface area contributed by atoms with Crippen molar-refractivity contribution < 1.29 is 19.5 Å². The van der Waals surface area contributed by atoms with E-state index in [0.717, 1.165) is 31.6 Å². The van der Waals surface area contributed by atoms with Crippen molar-refractivity contribution in [3.8, 4) is 0 Å². The number of aryl methyl sites for hydroxylation is 2. The van der Waals surface area contributed by atoms with E-state index in [9.17, 15) is 4.79 Å². The highest BCUT2D eigenvalue weighted by molar-refractivity contribution is 5.73. The van der Waals surface area contributed by atoms with Crippen molar-refractivity contribution in [2.24, 2.45) is 11.3 Å². The Morgan fingerprint density at radius 3 is 1.77 bits per heavy atom. The third-order valence-electron chi connectivity index (χ3n) is 4.62. The summed E-state index contributed by atoms with van der Waals surface area (Å²) in [6, 6.07) is 8.98. The molecular weight excluding hydrogens is 328 g/mol. The minimum absolute atomic E-state index is 0.250. The second-order valence-electron chi connectivity index (χ2n) is 7.94. The van der Waals surface area contributed by atoms with Crippen LogP contribution in [0.2, 0.25) is 0 Å². The smallest absolute Gasteiger partial charge is 0.373 e. The molecule has 1 aromatic rings. The van der Waals surface area contributed by atoms with Crippen LogP contribution in [-0.2, 0) is 27.2 Å². The van der Waals surface area contributed by atoms with Crippen molar-refractivity contribution in [2.75, 3.05) is 0 Å². The highest BCUT2D eigenvalue weighted by atomic mass is 16.4. The van der Waals surface area contributed by atoms with Crippen molar-refractivity contribution >= 4 is 12.1 Å². The lowest BCUT2D eigenvalue weighted by Gasteiger charge is -2.18. The predicted octanol–water partition coefficient (Wildman–Crippen LogP) is 5.30. The van der Waals surface area contributed by atoms with Gasteiger partial charge in [0.15, 0.2) is 0 Å². The molecule has 0 aliphatic carbocycles. The van der Waals surface area contributed by atoms with E-state index in [1.54, 1.807) is 0 Å². The molecule has 146 valence electrons. The van der Waals surface area contributed by atoms with E-state index < -0.39 is 11.4 Å². The number of carboxylic acids is 1. The average molecular weight is 363 g/mol. The van der Waals surface area contributed by atoms with Crippen molar-refractivity contribution in [1.29, 1.82) is 0 Å². The molecule has 0 amide bonds. The quantitative estimate of drug-likeness (QED) is 0.543. The molecule has 0 aliphatic rings. The second kappa shape index (κ2) is 13.3. The number of carboxylic acid groups (broad SMARTS) is 1. The lowest BCUT2D eigenvalue weighted by molar-refractivity contribution is -0.191. The number of carbonyl (C=O) groups excluding carboxylic acids is 2. The summed E-state index contributed by atoms with van der Waals surface area (Å²) in [7, 11) is 0. The number of aliphatic carboxylic acids is 1. The number of carbonyl (C=O) groups is 1. The Hall–Kier alpha value is -1.93. The van der Waals surface area contributed by atoms with Gasteiger partial charge in [-0.2, -0.15) is 9.59 Å². The summed E-state index contributed by atoms with van der Waals surface area (Å²) >= 11 is 0. The van der Waals surface area contributed by atoms with Crippen LogP contribution in [-0.4, -0.2) is 17.2 Å². The summed E-state index contributed by atoms with van der Waals surface area (Å²) in [6.07, 6.45) is 9.17. The number of rotatable bonds is 11. The Morgan fingerprint density at radius 2 is 1.38 bits per heavy atom. The minimum Gasteiger partial charge on any atom is -0.481 e. The van der Waals surface area contributed by atoms with Crippen LogP contribution in [0.15, 0.2) is 24.3 Å². The molecule has 0 fully saturated rings. The van der Waals surface area contributed by atoms with Crippen LogP contribution in [0, 0.1) is 11.3 Å². The lowest BCUT2D eigenvalue weighted by Crippen LogP contribution is -2.23. The molecule has 4 heteroatoms. The third kappa shape index (κ3) is 11.6. The van der Waals surface area contributed by atoms with Gasteiger partial charge in [-0.3, -0.25) is 4.79 Å². The van der Waals surface area contributed by atoms with Gasteiger partial charge in [0.05, 0.1) is 5.41 Å². The molecule has 1 N–H and O–H groups in total. The van der Waals surface area contributed by atoms with Crippen LogP contribution in [0.5, 0.6) is 0 Å². The summed E-state index contributed by atoms with van der Waals surface area (Å²) in [5, 5.41) is 9.11. The summed E-state index contributed by atoms with van der Waals surface area (Å²) < 4.78 is 0. The summed E-state index contributed by atoms with van der Waals surface area (Å²) in [5.74, 6) is 0.114. The van der Waals surface area contributed by atoms with Crippen LogP contribution in [0.3, 0.4) is 0 Å². The number of benzene rings is 1. The van der Waals surface area contributed by atoms with E-state index in [-0.39, 0.29) is 6.15 Å². The van der Waals surface area contributed by atoms with Crippen LogP contribution in [0.1, 0.15) is 77.3 Å². The zero-order chi connectivity index (χ0) is 20.0. The van der Waals surface area contributed by atoms with Crippen molar-refractivity contribution in [3.05, 3.63) is 35.4 Å². The zero-order valence-electron chi connectivity index (χ0n) is 16.7. The van der Waals surface area contributed by atoms with E-state index in [4.69, 9.17) is 14.7 Å². The van der Waals surface area contributed by atoms with Gasteiger partial charge in [0.25, 0.3) is 0 Å². The second-order valence-corrected chi connectivity index (χ2v) is 7.94. The van der Waals surface area contributed by atoms with Crippen LogP contribution in [0.25, 0.3) is 0 Å². The number of hydrogen-bond donors (Lipinski definition) is 1. The molecule has 1 rings (SSSR count). The Kier molecular flexibility index (Phi) is 12.3. The minimum atomic E-state index is -0.695. The van der Waals surface area contributed by atoms with Gasteiger partial charge < -0.3 is 5.11 Å². The summed E-state index contributed by atoms with van der Waals surface area (Å²) in [6.45, 7) is 8.19. The Labute approximate surface area is 158 Å². The molecule has 0 bridgehead atoms. The number of unbranched alkanes of at least 4 members (excludes halogenated alkanes) is 2. The molecule has 0 aromatic heterocycles. The SMILES string of the molecule is CC(C)CCCCc1ccc(CCCCC(C)(C)C(=O)O)cc1.O=C=O. The first-order valence-corrected chi connectivity index (χ1v) is 9.53. The van der Waals surface area contributed by atoms with Gasteiger partial charge in [-0.25, -0.2) is 0 Å². The Morgan fingerprint density at radius 1 is 0.962 bits per heavy atom. The Balaban J connectivity index is 0.00000194. The largest absolute Gasteiger partial charge is 0.481 e. The lowest BCUT2D eigenvalue weighted by atomic mass is 9.87. The van der Waals surface area contributed by atoms with Gasteiger partial charge >= 0.3 is 12.1 Å². The van der Waals surface area contributed by atoms with Gasteiger partial charge in [0.2, 0.25) is 0 Å². The van der Waals surface area contributed by atoms with E-state index in [0.29, 0.717) is 0 Å². The first-order chi connectivity index (χ1) is 12.2. The maximum atomic E-state index is 11.1. The maximum Gasteiger partial charge on any atom is 0.373 e. The molecule has 0 aliphatic heterocycles. The molecule has 0 saturated carbocycles. The number of hydrogen-bond acceptors (Lipinski definition) is 3. The van der Waals surface area contributed by atoms with Crippen molar-refractivity contribution in [2.45, 2.75) is 79.1 Å². The van der Waals surface area contributed by atoms with Gasteiger partial charge in [0.1, 0.15) is 0 Å².